The minimum Gasteiger partial charge on any atom is -0.494 e. The number of morpholine rings is 1. The lowest BCUT2D eigenvalue weighted by molar-refractivity contribution is -0.166. The van der Waals surface area contributed by atoms with Gasteiger partial charge in [0.2, 0.25) is 5.91 Å². The maximum atomic E-state index is 12.3. The van der Waals surface area contributed by atoms with Gasteiger partial charge in [0.05, 0.1) is 19.3 Å². The first kappa shape index (κ1) is 17.3. The molecular formula is C17H23NO5. The number of ether oxygens (including phenoxy) is 2. The van der Waals surface area contributed by atoms with E-state index in [0.29, 0.717) is 26.0 Å². The fourth-order valence-corrected chi connectivity index (χ4v) is 2.62. The van der Waals surface area contributed by atoms with E-state index < -0.39 is 12.1 Å². The molecule has 0 radical (unpaired) electrons. The highest BCUT2D eigenvalue weighted by molar-refractivity contribution is 5.79. The lowest BCUT2D eigenvalue weighted by Crippen LogP contribution is -2.51. The molecule has 0 aliphatic carbocycles. The summed E-state index contributed by atoms with van der Waals surface area (Å²) < 4.78 is 10.7. The lowest BCUT2D eigenvalue weighted by Gasteiger charge is -2.35. The van der Waals surface area contributed by atoms with Gasteiger partial charge in [-0.15, -0.1) is 0 Å². The fraction of sp³-hybridized carbons (Fsp3) is 0.529. The summed E-state index contributed by atoms with van der Waals surface area (Å²) in [6.07, 6.45) is -0.227. The van der Waals surface area contributed by atoms with Gasteiger partial charge in [0.15, 0.2) is 6.10 Å². The number of rotatable bonds is 6. The van der Waals surface area contributed by atoms with Crippen LogP contribution in [0.3, 0.4) is 0 Å². The van der Waals surface area contributed by atoms with E-state index in [0.717, 1.165) is 11.3 Å². The number of carboxylic acids is 1. The van der Waals surface area contributed by atoms with Crippen molar-refractivity contribution < 1.29 is 24.2 Å². The molecule has 1 amide bonds. The standard InChI is InChI=1S/C17H23NO5/c1-3-22-14-7-4-13(5-8-14)6-9-16(19)18-10-12(2)23-15(11-18)17(20)21/h4-5,7-8,12,15H,3,6,9-11H2,1-2H3,(H,20,21)/t12-,15?/m1/s1. The van der Waals surface area contributed by atoms with E-state index in [9.17, 15) is 9.59 Å². The van der Waals surface area contributed by atoms with E-state index in [-0.39, 0.29) is 18.6 Å². The average Bonchev–Trinajstić information content (AvgIpc) is 2.53. The highest BCUT2D eigenvalue weighted by Crippen LogP contribution is 2.16. The van der Waals surface area contributed by atoms with E-state index >= 15 is 0 Å². The Hall–Kier alpha value is -2.08. The molecule has 1 heterocycles. The minimum absolute atomic E-state index is 0.0414. The van der Waals surface area contributed by atoms with Crippen LogP contribution in [0, 0.1) is 0 Å². The second-order valence-electron chi connectivity index (χ2n) is 5.65. The summed E-state index contributed by atoms with van der Waals surface area (Å²) in [5.74, 6) is -0.255. The molecule has 23 heavy (non-hydrogen) atoms. The highest BCUT2D eigenvalue weighted by atomic mass is 16.5. The number of amides is 1. The molecule has 0 aromatic heterocycles. The molecule has 1 aliphatic heterocycles. The van der Waals surface area contributed by atoms with Gasteiger partial charge in [0.25, 0.3) is 0 Å². The van der Waals surface area contributed by atoms with Crippen LogP contribution in [0.25, 0.3) is 0 Å². The van der Waals surface area contributed by atoms with Gasteiger partial charge in [-0.2, -0.15) is 0 Å². The summed E-state index contributed by atoms with van der Waals surface area (Å²) in [6.45, 7) is 4.88. The van der Waals surface area contributed by atoms with Crippen LogP contribution < -0.4 is 4.74 Å². The minimum atomic E-state index is -1.03. The van der Waals surface area contributed by atoms with Crippen LogP contribution in [0.1, 0.15) is 25.8 Å². The molecular weight excluding hydrogens is 298 g/mol. The monoisotopic (exact) mass is 321 g/mol. The number of hydrogen-bond acceptors (Lipinski definition) is 4. The van der Waals surface area contributed by atoms with Gasteiger partial charge in [-0.25, -0.2) is 4.79 Å². The zero-order chi connectivity index (χ0) is 16.8. The van der Waals surface area contributed by atoms with Crippen molar-refractivity contribution in [3.63, 3.8) is 0 Å². The van der Waals surface area contributed by atoms with Crippen molar-refractivity contribution in [1.82, 2.24) is 4.90 Å². The van der Waals surface area contributed by atoms with Crippen LogP contribution >= 0.6 is 0 Å². The molecule has 6 heteroatoms. The van der Waals surface area contributed by atoms with Gasteiger partial charge < -0.3 is 19.5 Å². The summed E-state index contributed by atoms with van der Waals surface area (Å²) >= 11 is 0. The second-order valence-corrected chi connectivity index (χ2v) is 5.65. The average molecular weight is 321 g/mol. The molecule has 1 unspecified atom stereocenters. The topological polar surface area (TPSA) is 76.1 Å². The molecule has 6 nitrogen and oxygen atoms in total. The van der Waals surface area contributed by atoms with Gasteiger partial charge in [0, 0.05) is 13.0 Å². The highest BCUT2D eigenvalue weighted by Gasteiger charge is 2.32. The predicted molar refractivity (Wildman–Crippen MR) is 84.5 cm³/mol. The molecule has 1 fully saturated rings. The van der Waals surface area contributed by atoms with Gasteiger partial charge in [-0.3, -0.25) is 4.79 Å². The van der Waals surface area contributed by atoms with Crippen molar-refractivity contribution in [2.24, 2.45) is 0 Å². The van der Waals surface area contributed by atoms with Crippen LogP contribution in [0.4, 0.5) is 0 Å². The van der Waals surface area contributed by atoms with Crippen LogP contribution in [0.5, 0.6) is 5.75 Å². The lowest BCUT2D eigenvalue weighted by atomic mass is 10.1. The van der Waals surface area contributed by atoms with Crippen LogP contribution in [-0.2, 0) is 20.7 Å². The second kappa shape index (κ2) is 7.97. The molecule has 1 aromatic carbocycles. The third kappa shape index (κ3) is 4.96. The van der Waals surface area contributed by atoms with Crippen molar-refractivity contribution in [3.8, 4) is 5.75 Å². The summed E-state index contributed by atoms with van der Waals surface area (Å²) in [6, 6.07) is 7.67. The Labute approximate surface area is 136 Å². The Morgan fingerprint density at radius 2 is 2.00 bits per heavy atom. The first-order chi connectivity index (χ1) is 11.0. The third-order valence-electron chi connectivity index (χ3n) is 3.75. The zero-order valence-corrected chi connectivity index (χ0v) is 13.5. The van der Waals surface area contributed by atoms with Gasteiger partial charge in [0.1, 0.15) is 5.75 Å². The number of carboxylic acid groups (broad SMARTS) is 1. The zero-order valence-electron chi connectivity index (χ0n) is 13.5. The maximum Gasteiger partial charge on any atom is 0.334 e. The van der Waals surface area contributed by atoms with Gasteiger partial charge >= 0.3 is 5.97 Å². The van der Waals surface area contributed by atoms with Crippen molar-refractivity contribution in [2.75, 3.05) is 19.7 Å². The molecule has 0 bridgehead atoms. The van der Waals surface area contributed by atoms with Gasteiger partial charge in [-0.1, -0.05) is 12.1 Å². The maximum absolute atomic E-state index is 12.3. The molecule has 2 atom stereocenters. The molecule has 1 aliphatic rings. The van der Waals surface area contributed by atoms with E-state index in [1.54, 1.807) is 11.8 Å². The normalized spacial score (nSPS) is 21.0. The first-order valence-corrected chi connectivity index (χ1v) is 7.87. The third-order valence-corrected chi connectivity index (χ3v) is 3.75. The Bertz CT molecular complexity index is 542. The summed E-state index contributed by atoms with van der Waals surface area (Å²) in [5, 5.41) is 9.06. The van der Waals surface area contributed by atoms with E-state index in [1.807, 2.05) is 31.2 Å². The largest absolute Gasteiger partial charge is 0.494 e. The van der Waals surface area contributed by atoms with Crippen LogP contribution in [0.15, 0.2) is 24.3 Å². The molecule has 126 valence electrons. The number of aliphatic carboxylic acids is 1. The first-order valence-electron chi connectivity index (χ1n) is 7.87. The summed E-state index contributed by atoms with van der Waals surface area (Å²) in [7, 11) is 0. The molecule has 1 saturated heterocycles. The van der Waals surface area contributed by atoms with Crippen LogP contribution in [0.2, 0.25) is 0 Å². The molecule has 0 saturated carbocycles. The van der Waals surface area contributed by atoms with Crippen molar-refractivity contribution in [1.29, 1.82) is 0 Å². The molecule has 1 aromatic rings. The number of carbonyl (C=O) groups is 2. The van der Waals surface area contributed by atoms with Crippen molar-refractivity contribution in [2.45, 2.75) is 38.9 Å². The Morgan fingerprint density at radius 1 is 1.30 bits per heavy atom. The molecule has 1 N–H and O–H groups in total. The number of carbonyl (C=O) groups excluding carboxylic acids is 1. The summed E-state index contributed by atoms with van der Waals surface area (Å²) in [5.41, 5.74) is 1.05. The Morgan fingerprint density at radius 3 is 2.61 bits per heavy atom. The van der Waals surface area contributed by atoms with Crippen molar-refractivity contribution >= 4 is 11.9 Å². The van der Waals surface area contributed by atoms with Crippen molar-refractivity contribution in [3.05, 3.63) is 29.8 Å². The predicted octanol–water partition coefficient (Wildman–Crippen LogP) is 1.72. The number of benzene rings is 1. The van der Waals surface area contributed by atoms with Gasteiger partial charge in [-0.05, 0) is 38.0 Å². The van der Waals surface area contributed by atoms with E-state index in [4.69, 9.17) is 14.6 Å². The Kier molecular flexibility index (Phi) is 5.98. The SMILES string of the molecule is CCOc1ccc(CCC(=O)N2CC(C(=O)O)O[C@H](C)C2)cc1. The smallest absolute Gasteiger partial charge is 0.334 e. The number of aryl methyl sites for hydroxylation is 1. The number of hydrogen-bond donors (Lipinski definition) is 1. The quantitative estimate of drug-likeness (QED) is 0.863. The molecule has 2 rings (SSSR count). The van der Waals surface area contributed by atoms with E-state index in [2.05, 4.69) is 0 Å². The fourth-order valence-electron chi connectivity index (χ4n) is 2.62. The van der Waals surface area contributed by atoms with Crippen LogP contribution in [-0.4, -0.2) is 53.8 Å². The van der Waals surface area contributed by atoms with E-state index in [1.165, 1.54) is 0 Å². The summed E-state index contributed by atoms with van der Waals surface area (Å²) in [4.78, 5) is 24.9. The Balaban J connectivity index is 1.87. The molecule has 0 spiro atoms. The number of nitrogens with zero attached hydrogens (tertiary/aromatic N) is 1.